The van der Waals surface area contributed by atoms with Gasteiger partial charge in [-0.1, -0.05) is 38.4 Å². The number of hydrogen-bond donors (Lipinski definition) is 1. The van der Waals surface area contributed by atoms with Gasteiger partial charge in [0.05, 0.1) is 30.6 Å². The molecule has 0 aromatic heterocycles. The second-order valence-electron chi connectivity index (χ2n) is 7.94. The molecule has 1 aliphatic rings. The minimum absolute atomic E-state index is 0.0633. The lowest BCUT2D eigenvalue weighted by Crippen LogP contribution is -2.43. The number of carbonyl (C=O) groups excluding carboxylic acids is 2. The average Bonchev–Trinajstić information content (AvgIpc) is 2.69. The summed E-state index contributed by atoms with van der Waals surface area (Å²) in [4.78, 5) is 26.6. The highest BCUT2D eigenvalue weighted by Crippen LogP contribution is 2.37. The van der Waals surface area contributed by atoms with Crippen LogP contribution in [0.15, 0.2) is 30.3 Å². The molecule has 2 aromatic rings. The Morgan fingerprint density at radius 1 is 1.17 bits per heavy atom. The normalized spacial score (nSPS) is 13.4. The second kappa shape index (κ2) is 8.44. The first-order chi connectivity index (χ1) is 14.1. The third-order valence-electron chi connectivity index (χ3n) is 4.82. The number of fused-ring (bicyclic) bond motifs is 1. The van der Waals surface area contributed by atoms with Crippen LogP contribution in [0.25, 0.3) is 0 Å². The molecule has 8 heteroatoms. The van der Waals surface area contributed by atoms with E-state index >= 15 is 0 Å². The number of ether oxygens (including phenoxy) is 3. The molecule has 0 saturated carbocycles. The lowest BCUT2D eigenvalue weighted by molar-refractivity contribution is -0.123. The van der Waals surface area contributed by atoms with E-state index in [0.29, 0.717) is 33.6 Å². The first-order valence-corrected chi connectivity index (χ1v) is 9.81. The van der Waals surface area contributed by atoms with E-state index in [1.165, 1.54) is 19.1 Å². The molecule has 0 saturated heterocycles. The Balaban J connectivity index is 1.83. The van der Waals surface area contributed by atoms with Crippen molar-refractivity contribution < 1.29 is 23.8 Å². The van der Waals surface area contributed by atoms with Crippen molar-refractivity contribution in [1.29, 1.82) is 0 Å². The Labute approximate surface area is 180 Å². The van der Waals surface area contributed by atoms with Gasteiger partial charge in [0.1, 0.15) is 23.8 Å². The number of nitrogens with zero attached hydrogens (tertiary/aromatic N) is 1. The van der Waals surface area contributed by atoms with Crippen molar-refractivity contribution in [2.75, 3.05) is 37.6 Å². The van der Waals surface area contributed by atoms with Crippen LogP contribution in [0.5, 0.6) is 17.2 Å². The predicted molar refractivity (Wildman–Crippen MR) is 116 cm³/mol. The number of amides is 2. The fourth-order valence-electron chi connectivity index (χ4n) is 3.14. The van der Waals surface area contributed by atoms with E-state index in [-0.39, 0.29) is 24.5 Å². The van der Waals surface area contributed by atoms with Gasteiger partial charge >= 0.3 is 0 Å². The molecule has 0 aliphatic carbocycles. The first kappa shape index (κ1) is 21.8. The van der Waals surface area contributed by atoms with E-state index in [2.05, 4.69) is 26.1 Å². The molecule has 2 aromatic carbocycles. The van der Waals surface area contributed by atoms with Crippen LogP contribution in [-0.4, -0.2) is 39.2 Å². The Morgan fingerprint density at radius 2 is 1.87 bits per heavy atom. The van der Waals surface area contributed by atoms with Gasteiger partial charge in [-0.15, -0.1) is 0 Å². The smallest absolute Gasteiger partial charge is 0.265 e. The zero-order valence-corrected chi connectivity index (χ0v) is 18.4. The van der Waals surface area contributed by atoms with Crippen LogP contribution in [0.3, 0.4) is 0 Å². The molecule has 1 aliphatic heterocycles. The number of anilines is 2. The summed E-state index contributed by atoms with van der Waals surface area (Å²) in [5.41, 5.74) is 1.97. The molecule has 0 unspecified atom stereocenters. The molecule has 160 valence electrons. The van der Waals surface area contributed by atoms with Gasteiger partial charge in [-0.2, -0.15) is 0 Å². The van der Waals surface area contributed by atoms with Crippen LogP contribution in [0.2, 0.25) is 5.02 Å². The largest absolute Gasteiger partial charge is 0.495 e. The van der Waals surface area contributed by atoms with Crippen molar-refractivity contribution in [3.05, 3.63) is 40.9 Å². The molecule has 30 heavy (non-hydrogen) atoms. The number of halogens is 1. The number of benzene rings is 2. The summed E-state index contributed by atoms with van der Waals surface area (Å²) < 4.78 is 16.1. The van der Waals surface area contributed by atoms with Crippen LogP contribution in [0, 0.1) is 0 Å². The fraction of sp³-hybridized carbons (Fsp3) is 0.364. The highest BCUT2D eigenvalue weighted by molar-refractivity contribution is 6.32. The first-order valence-electron chi connectivity index (χ1n) is 9.43. The monoisotopic (exact) mass is 432 g/mol. The Bertz CT molecular complexity index is 984. The van der Waals surface area contributed by atoms with E-state index in [9.17, 15) is 9.59 Å². The zero-order chi connectivity index (χ0) is 22.1. The molecule has 0 radical (unpaired) electrons. The average molecular weight is 433 g/mol. The minimum atomic E-state index is -0.393. The maximum absolute atomic E-state index is 12.7. The lowest BCUT2D eigenvalue weighted by Gasteiger charge is -2.30. The van der Waals surface area contributed by atoms with Crippen molar-refractivity contribution in [3.8, 4) is 17.2 Å². The number of carbonyl (C=O) groups is 2. The molecule has 0 fully saturated rings. The Morgan fingerprint density at radius 3 is 2.50 bits per heavy atom. The summed E-state index contributed by atoms with van der Waals surface area (Å²) in [6.07, 6.45) is 0. The summed E-state index contributed by atoms with van der Waals surface area (Å²) in [5, 5.41) is 3.08. The molecule has 0 spiro atoms. The third-order valence-corrected chi connectivity index (χ3v) is 5.11. The van der Waals surface area contributed by atoms with Crippen molar-refractivity contribution in [2.45, 2.75) is 26.2 Å². The molecule has 0 bridgehead atoms. The SMILES string of the molecule is COc1cc(OC)c(NC(=O)CN2C(=O)COc3cc(C(C)(C)C)ccc32)cc1Cl. The Kier molecular flexibility index (Phi) is 6.12. The molecular formula is C22H25ClN2O5. The van der Waals surface area contributed by atoms with E-state index < -0.39 is 5.91 Å². The van der Waals surface area contributed by atoms with Gasteiger partial charge in [0.25, 0.3) is 5.91 Å². The highest BCUT2D eigenvalue weighted by Gasteiger charge is 2.29. The predicted octanol–water partition coefficient (Wildman–Crippen LogP) is 4.02. The maximum Gasteiger partial charge on any atom is 0.265 e. The van der Waals surface area contributed by atoms with Crippen LogP contribution < -0.4 is 24.4 Å². The van der Waals surface area contributed by atoms with Crippen LogP contribution in [0.1, 0.15) is 26.3 Å². The van der Waals surface area contributed by atoms with Crippen molar-refractivity contribution in [1.82, 2.24) is 0 Å². The lowest BCUT2D eigenvalue weighted by atomic mass is 9.86. The van der Waals surface area contributed by atoms with Crippen LogP contribution in [0.4, 0.5) is 11.4 Å². The summed E-state index contributed by atoms with van der Waals surface area (Å²) in [6.45, 7) is 6.01. The fourth-order valence-corrected chi connectivity index (χ4v) is 3.38. The molecule has 2 amide bonds. The number of methoxy groups -OCH3 is 2. The molecule has 7 nitrogen and oxygen atoms in total. The van der Waals surface area contributed by atoms with E-state index in [4.69, 9.17) is 25.8 Å². The maximum atomic E-state index is 12.7. The third kappa shape index (κ3) is 4.46. The number of hydrogen-bond acceptors (Lipinski definition) is 5. The summed E-state index contributed by atoms with van der Waals surface area (Å²) in [7, 11) is 2.97. The van der Waals surface area contributed by atoms with Gasteiger partial charge in [-0.25, -0.2) is 0 Å². The van der Waals surface area contributed by atoms with E-state index in [0.717, 1.165) is 5.56 Å². The number of nitrogens with one attached hydrogen (secondary N) is 1. The van der Waals surface area contributed by atoms with Gasteiger partial charge in [-0.05, 0) is 29.2 Å². The molecule has 1 heterocycles. The van der Waals surface area contributed by atoms with Crippen LogP contribution >= 0.6 is 11.6 Å². The molecular weight excluding hydrogens is 408 g/mol. The Hall–Kier alpha value is -2.93. The topological polar surface area (TPSA) is 77.1 Å². The van der Waals surface area contributed by atoms with Gasteiger partial charge < -0.3 is 19.5 Å². The molecule has 0 atom stereocenters. The van der Waals surface area contributed by atoms with E-state index in [1.807, 2.05) is 18.2 Å². The van der Waals surface area contributed by atoms with Gasteiger partial charge in [0, 0.05) is 6.07 Å². The van der Waals surface area contributed by atoms with Gasteiger partial charge in [0.15, 0.2) is 6.61 Å². The number of rotatable bonds is 5. The standard InChI is InChI=1S/C22H25ClN2O5/c1-22(2,3)13-6-7-16-19(8-13)30-12-21(27)25(16)11-20(26)24-15-9-14(23)17(28-4)10-18(15)29-5/h6-10H,11-12H2,1-5H3,(H,24,26). The highest BCUT2D eigenvalue weighted by atomic mass is 35.5. The van der Waals surface area contributed by atoms with E-state index in [1.54, 1.807) is 12.1 Å². The van der Waals surface area contributed by atoms with Crippen molar-refractivity contribution >= 4 is 34.8 Å². The summed E-state index contributed by atoms with van der Waals surface area (Å²) in [6, 6.07) is 8.80. The van der Waals surface area contributed by atoms with Crippen LogP contribution in [-0.2, 0) is 15.0 Å². The molecule has 1 N–H and O–H groups in total. The summed E-state index contributed by atoms with van der Waals surface area (Å²) in [5.74, 6) is 0.725. The minimum Gasteiger partial charge on any atom is -0.495 e. The zero-order valence-electron chi connectivity index (χ0n) is 17.7. The van der Waals surface area contributed by atoms with Gasteiger partial charge in [0.2, 0.25) is 5.91 Å². The van der Waals surface area contributed by atoms with Crippen molar-refractivity contribution in [2.24, 2.45) is 0 Å². The second-order valence-corrected chi connectivity index (χ2v) is 8.34. The van der Waals surface area contributed by atoms with Gasteiger partial charge in [-0.3, -0.25) is 14.5 Å². The quantitative estimate of drug-likeness (QED) is 0.772. The summed E-state index contributed by atoms with van der Waals surface area (Å²) >= 11 is 6.16. The molecule has 3 rings (SSSR count). The van der Waals surface area contributed by atoms with Crippen molar-refractivity contribution in [3.63, 3.8) is 0 Å².